The summed E-state index contributed by atoms with van der Waals surface area (Å²) in [7, 11) is 3.53. The SMILES string of the molecule is CN(C)C(=O)c1nc2ccc(Cl)cn2c1CN1CCC(CN2CCOCC2)CC1. The van der Waals surface area contributed by atoms with Gasteiger partial charge in [0.25, 0.3) is 5.91 Å². The van der Waals surface area contributed by atoms with E-state index in [2.05, 4.69) is 14.8 Å². The minimum Gasteiger partial charge on any atom is -0.379 e. The maximum atomic E-state index is 12.7. The molecule has 4 rings (SSSR count). The summed E-state index contributed by atoms with van der Waals surface area (Å²) in [5, 5.41) is 0.643. The third kappa shape index (κ3) is 4.74. The van der Waals surface area contributed by atoms with Gasteiger partial charge in [0.2, 0.25) is 0 Å². The molecule has 0 radical (unpaired) electrons. The number of nitrogens with zero attached hydrogens (tertiary/aromatic N) is 5. The number of morpholine rings is 1. The number of rotatable bonds is 5. The van der Waals surface area contributed by atoms with Gasteiger partial charge >= 0.3 is 0 Å². The molecule has 2 aliphatic heterocycles. The van der Waals surface area contributed by atoms with Crippen LogP contribution in [0.2, 0.25) is 5.02 Å². The number of fused-ring (bicyclic) bond motifs is 1. The molecule has 8 heteroatoms. The molecule has 29 heavy (non-hydrogen) atoms. The predicted octanol–water partition coefficient (Wildman–Crippen LogP) is 2.23. The average Bonchev–Trinajstić information content (AvgIpc) is 3.07. The highest BCUT2D eigenvalue weighted by molar-refractivity contribution is 6.30. The molecule has 0 spiro atoms. The largest absolute Gasteiger partial charge is 0.379 e. The quantitative estimate of drug-likeness (QED) is 0.743. The minimum absolute atomic E-state index is 0.0676. The van der Waals surface area contributed by atoms with Crippen LogP contribution in [-0.4, -0.2) is 90.0 Å². The fraction of sp³-hybridized carbons (Fsp3) is 0.619. The monoisotopic (exact) mass is 419 g/mol. The zero-order valence-electron chi connectivity index (χ0n) is 17.3. The van der Waals surface area contributed by atoms with Crippen molar-refractivity contribution in [2.45, 2.75) is 19.4 Å². The molecule has 0 unspecified atom stereocenters. The van der Waals surface area contributed by atoms with Crippen LogP contribution in [0.3, 0.4) is 0 Å². The molecule has 2 aromatic heterocycles. The van der Waals surface area contributed by atoms with E-state index in [1.165, 1.54) is 19.4 Å². The fourth-order valence-electron chi connectivity index (χ4n) is 4.29. The molecule has 0 atom stereocenters. The Kier molecular flexibility index (Phi) is 6.39. The van der Waals surface area contributed by atoms with E-state index in [1.54, 1.807) is 19.0 Å². The van der Waals surface area contributed by atoms with Crippen LogP contribution in [-0.2, 0) is 11.3 Å². The van der Waals surface area contributed by atoms with Gasteiger partial charge in [0.1, 0.15) is 5.65 Å². The van der Waals surface area contributed by atoms with Gasteiger partial charge in [-0.25, -0.2) is 4.98 Å². The number of hydrogen-bond donors (Lipinski definition) is 0. The molecule has 0 saturated carbocycles. The van der Waals surface area contributed by atoms with E-state index in [0.29, 0.717) is 17.3 Å². The van der Waals surface area contributed by atoms with Crippen molar-refractivity contribution in [2.75, 3.05) is 60.0 Å². The van der Waals surface area contributed by atoms with Crippen molar-refractivity contribution >= 4 is 23.2 Å². The Morgan fingerprint density at radius 2 is 1.90 bits per heavy atom. The highest BCUT2D eigenvalue weighted by Crippen LogP contribution is 2.24. The Bertz CT molecular complexity index is 854. The number of imidazole rings is 1. The van der Waals surface area contributed by atoms with Gasteiger partial charge in [0.05, 0.1) is 23.9 Å². The van der Waals surface area contributed by atoms with E-state index in [0.717, 1.165) is 56.7 Å². The van der Waals surface area contributed by atoms with Crippen LogP contribution in [0.25, 0.3) is 5.65 Å². The normalized spacial score (nSPS) is 19.7. The van der Waals surface area contributed by atoms with Gasteiger partial charge in [0, 0.05) is 46.5 Å². The molecule has 0 N–H and O–H groups in total. The van der Waals surface area contributed by atoms with Crippen molar-refractivity contribution in [3.8, 4) is 0 Å². The lowest BCUT2D eigenvalue weighted by Crippen LogP contribution is -2.42. The van der Waals surface area contributed by atoms with Gasteiger partial charge in [0.15, 0.2) is 5.69 Å². The molecule has 1 amide bonds. The number of piperidine rings is 1. The van der Waals surface area contributed by atoms with Gasteiger partial charge in [-0.1, -0.05) is 11.6 Å². The van der Waals surface area contributed by atoms with Gasteiger partial charge in [-0.05, 0) is 44.0 Å². The lowest BCUT2D eigenvalue weighted by Gasteiger charge is -2.36. The number of aromatic nitrogens is 2. The van der Waals surface area contributed by atoms with E-state index in [9.17, 15) is 4.79 Å². The van der Waals surface area contributed by atoms with Gasteiger partial charge in [-0.3, -0.25) is 14.6 Å². The third-order valence-electron chi connectivity index (χ3n) is 5.99. The number of halogens is 1. The Morgan fingerprint density at radius 1 is 1.17 bits per heavy atom. The van der Waals surface area contributed by atoms with Crippen molar-refractivity contribution in [2.24, 2.45) is 5.92 Å². The second kappa shape index (κ2) is 9.00. The maximum Gasteiger partial charge on any atom is 0.273 e. The van der Waals surface area contributed by atoms with Crippen molar-refractivity contribution in [1.29, 1.82) is 0 Å². The van der Waals surface area contributed by atoms with E-state index >= 15 is 0 Å². The van der Waals surface area contributed by atoms with Crippen LogP contribution in [0.1, 0.15) is 29.0 Å². The van der Waals surface area contributed by atoms with Crippen LogP contribution in [0.4, 0.5) is 0 Å². The summed E-state index contributed by atoms with van der Waals surface area (Å²) >= 11 is 6.23. The molecular formula is C21H30ClN5O2. The molecule has 2 fully saturated rings. The van der Waals surface area contributed by atoms with Crippen molar-refractivity contribution in [1.82, 2.24) is 24.1 Å². The summed E-state index contributed by atoms with van der Waals surface area (Å²) in [6.45, 7) is 7.79. The Balaban J connectivity index is 1.45. The second-order valence-corrected chi connectivity index (χ2v) is 8.75. The van der Waals surface area contributed by atoms with Crippen molar-refractivity contribution < 1.29 is 9.53 Å². The molecule has 0 bridgehead atoms. The summed E-state index contributed by atoms with van der Waals surface area (Å²) in [6.07, 6.45) is 4.23. The number of likely N-dealkylation sites (tertiary alicyclic amines) is 1. The fourth-order valence-corrected chi connectivity index (χ4v) is 4.45. The number of carbonyl (C=O) groups excluding carboxylic acids is 1. The van der Waals surface area contributed by atoms with Gasteiger partial charge < -0.3 is 14.0 Å². The van der Waals surface area contributed by atoms with Crippen LogP contribution in [0, 0.1) is 5.92 Å². The summed E-state index contributed by atoms with van der Waals surface area (Å²) in [5.41, 5.74) is 2.21. The zero-order valence-corrected chi connectivity index (χ0v) is 18.1. The molecule has 7 nitrogen and oxygen atoms in total. The van der Waals surface area contributed by atoms with E-state index in [-0.39, 0.29) is 5.91 Å². The first-order valence-corrected chi connectivity index (χ1v) is 10.8. The van der Waals surface area contributed by atoms with Crippen molar-refractivity contribution in [3.63, 3.8) is 0 Å². The molecule has 4 heterocycles. The summed E-state index contributed by atoms with van der Waals surface area (Å²) in [4.78, 5) is 23.9. The topological polar surface area (TPSA) is 53.3 Å². The zero-order chi connectivity index (χ0) is 20.4. The highest BCUT2D eigenvalue weighted by atomic mass is 35.5. The lowest BCUT2D eigenvalue weighted by molar-refractivity contribution is 0.0241. The number of ether oxygens (including phenoxy) is 1. The number of carbonyl (C=O) groups is 1. The van der Waals surface area contributed by atoms with Gasteiger partial charge in [-0.2, -0.15) is 0 Å². The van der Waals surface area contributed by atoms with Crippen LogP contribution in [0.15, 0.2) is 18.3 Å². The average molecular weight is 420 g/mol. The first-order chi connectivity index (χ1) is 14.0. The van der Waals surface area contributed by atoms with Crippen molar-refractivity contribution in [3.05, 3.63) is 34.7 Å². The predicted molar refractivity (Wildman–Crippen MR) is 113 cm³/mol. The second-order valence-electron chi connectivity index (χ2n) is 8.31. The minimum atomic E-state index is -0.0676. The summed E-state index contributed by atoms with van der Waals surface area (Å²) in [5.74, 6) is 0.672. The number of hydrogen-bond acceptors (Lipinski definition) is 5. The molecule has 2 aliphatic rings. The Hall–Kier alpha value is -1.67. The van der Waals surface area contributed by atoms with E-state index < -0.39 is 0 Å². The van der Waals surface area contributed by atoms with Crippen LogP contribution in [0.5, 0.6) is 0 Å². The molecule has 2 aromatic rings. The highest BCUT2D eigenvalue weighted by Gasteiger charge is 2.26. The third-order valence-corrected chi connectivity index (χ3v) is 6.21. The van der Waals surface area contributed by atoms with Gasteiger partial charge in [-0.15, -0.1) is 0 Å². The summed E-state index contributed by atoms with van der Waals surface area (Å²) < 4.78 is 7.43. The standard InChI is InChI=1S/C21H30ClN5O2/c1-24(2)21(28)20-18(27-14-17(22)3-4-19(27)23-20)15-25-7-5-16(6-8-25)13-26-9-11-29-12-10-26/h3-4,14,16H,5-13,15H2,1-2H3. The number of amides is 1. The molecule has 0 aliphatic carbocycles. The number of pyridine rings is 1. The smallest absolute Gasteiger partial charge is 0.273 e. The maximum absolute atomic E-state index is 12.7. The van der Waals surface area contributed by atoms with E-state index in [4.69, 9.17) is 16.3 Å². The first kappa shape index (κ1) is 20.6. The van der Waals surface area contributed by atoms with Crippen LogP contribution >= 0.6 is 11.6 Å². The molecule has 158 valence electrons. The Morgan fingerprint density at radius 3 is 2.59 bits per heavy atom. The molecular weight excluding hydrogens is 390 g/mol. The summed E-state index contributed by atoms with van der Waals surface area (Å²) in [6, 6.07) is 3.68. The first-order valence-electron chi connectivity index (χ1n) is 10.4. The molecule has 2 saturated heterocycles. The van der Waals surface area contributed by atoms with E-state index in [1.807, 2.05) is 22.7 Å². The van der Waals surface area contributed by atoms with Crippen LogP contribution < -0.4 is 0 Å². The molecule has 0 aromatic carbocycles. The Labute approximate surface area is 177 Å². The lowest BCUT2D eigenvalue weighted by atomic mass is 9.96.